The van der Waals surface area contributed by atoms with Crippen molar-refractivity contribution < 1.29 is 14.4 Å². The molecule has 0 spiro atoms. The third kappa shape index (κ3) is 4.42. The number of hydroxylamine groups is 1. The molecule has 88 valence electrons. The monoisotopic (exact) mass is 223 g/mol. The van der Waals surface area contributed by atoms with Crippen LogP contribution in [0.4, 0.5) is 0 Å². The van der Waals surface area contributed by atoms with E-state index in [1.54, 1.807) is 6.92 Å². The lowest BCUT2D eigenvalue weighted by Gasteiger charge is -2.11. The molecule has 1 amide bonds. The molecule has 1 N–H and O–H groups in total. The Labute approximate surface area is 95.5 Å². The normalized spacial score (nSPS) is 12.1. The molecule has 16 heavy (non-hydrogen) atoms. The van der Waals surface area contributed by atoms with Crippen LogP contribution in [0.1, 0.15) is 12.5 Å². The second kappa shape index (κ2) is 6.98. The van der Waals surface area contributed by atoms with Gasteiger partial charge in [0.15, 0.2) is 0 Å². The maximum absolute atomic E-state index is 11.3. The molecule has 4 heteroatoms. The lowest BCUT2D eigenvalue weighted by atomic mass is 10.2. The number of rotatable bonds is 6. The highest BCUT2D eigenvalue weighted by molar-refractivity contribution is 5.77. The van der Waals surface area contributed by atoms with Crippen LogP contribution in [0.25, 0.3) is 0 Å². The van der Waals surface area contributed by atoms with Gasteiger partial charge < -0.3 is 4.74 Å². The average Bonchev–Trinajstić information content (AvgIpc) is 2.30. The van der Waals surface area contributed by atoms with Crippen LogP contribution >= 0.6 is 0 Å². The first-order valence-corrected chi connectivity index (χ1v) is 5.18. The number of hydrogen-bond donors (Lipinski definition) is 1. The summed E-state index contributed by atoms with van der Waals surface area (Å²) in [5.41, 5.74) is 3.37. The third-order valence-corrected chi connectivity index (χ3v) is 2.13. The fourth-order valence-corrected chi connectivity index (χ4v) is 1.20. The van der Waals surface area contributed by atoms with Crippen molar-refractivity contribution in [2.24, 2.45) is 5.92 Å². The first-order chi connectivity index (χ1) is 7.74. The SMILES string of the molecule is CONC(=O)C(C)COCc1ccccc1. The van der Waals surface area contributed by atoms with E-state index in [1.165, 1.54) is 7.11 Å². The number of ether oxygens (including phenoxy) is 1. The van der Waals surface area contributed by atoms with E-state index in [1.807, 2.05) is 30.3 Å². The average molecular weight is 223 g/mol. The van der Waals surface area contributed by atoms with Crippen LogP contribution in [0.2, 0.25) is 0 Å². The first-order valence-electron chi connectivity index (χ1n) is 5.18. The van der Waals surface area contributed by atoms with Gasteiger partial charge in [0, 0.05) is 0 Å². The second-order valence-electron chi connectivity index (χ2n) is 3.57. The van der Waals surface area contributed by atoms with Crippen LogP contribution in [0.5, 0.6) is 0 Å². The van der Waals surface area contributed by atoms with Crippen LogP contribution in [-0.2, 0) is 21.0 Å². The van der Waals surface area contributed by atoms with Gasteiger partial charge in [-0.25, -0.2) is 5.48 Å². The Morgan fingerprint density at radius 2 is 2.06 bits per heavy atom. The molecule has 0 aliphatic carbocycles. The van der Waals surface area contributed by atoms with Gasteiger partial charge in [0.1, 0.15) is 0 Å². The van der Waals surface area contributed by atoms with E-state index in [2.05, 4.69) is 10.3 Å². The van der Waals surface area contributed by atoms with Crippen molar-refractivity contribution in [2.45, 2.75) is 13.5 Å². The van der Waals surface area contributed by atoms with Gasteiger partial charge in [-0.1, -0.05) is 37.3 Å². The smallest absolute Gasteiger partial charge is 0.248 e. The zero-order valence-corrected chi connectivity index (χ0v) is 9.60. The summed E-state index contributed by atoms with van der Waals surface area (Å²) in [6, 6.07) is 9.84. The third-order valence-electron chi connectivity index (χ3n) is 2.13. The fraction of sp³-hybridized carbons (Fsp3) is 0.417. The highest BCUT2D eigenvalue weighted by Crippen LogP contribution is 2.03. The van der Waals surface area contributed by atoms with Crippen LogP contribution in [0.15, 0.2) is 30.3 Å². The molecule has 0 fully saturated rings. The van der Waals surface area contributed by atoms with E-state index in [-0.39, 0.29) is 11.8 Å². The molecule has 1 atom stereocenters. The van der Waals surface area contributed by atoms with Gasteiger partial charge in [-0.3, -0.25) is 9.63 Å². The van der Waals surface area contributed by atoms with E-state index in [0.717, 1.165) is 5.56 Å². The summed E-state index contributed by atoms with van der Waals surface area (Å²) in [6.07, 6.45) is 0. The Hall–Kier alpha value is -1.39. The Kier molecular flexibility index (Phi) is 5.53. The maximum atomic E-state index is 11.3. The highest BCUT2D eigenvalue weighted by Gasteiger charge is 2.12. The summed E-state index contributed by atoms with van der Waals surface area (Å²) >= 11 is 0. The Balaban J connectivity index is 2.23. The quantitative estimate of drug-likeness (QED) is 0.744. The van der Waals surface area contributed by atoms with E-state index in [0.29, 0.717) is 13.2 Å². The van der Waals surface area contributed by atoms with Crippen LogP contribution in [-0.4, -0.2) is 19.6 Å². The molecule has 4 nitrogen and oxygen atoms in total. The highest BCUT2D eigenvalue weighted by atomic mass is 16.6. The van der Waals surface area contributed by atoms with Crippen molar-refractivity contribution in [1.82, 2.24) is 5.48 Å². The van der Waals surface area contributed by atoms with Crippen molar-refractivity contribution in [1.29, 1.82) is 0 Å². The molecule has 0 saturated carbocycles. The number of carbonyl (C=O) groups is 1. The van der Waals surface area contributed by atoms with Crippen LogP contribution < -0.4 is 5.48 Å². The number of benzene rings is 1. The molecule has 0 aromatic heterocycles. The predicted octanol–water partition coefficient (Wildman–Crippen LogP) is 1.52. The molecule has 1 aromatic carbocycles. The number of hydrogen-bond acceptors (Lipinski definition) is 3. The molecule has 1 rings (SSSR count). The maximum Gasteiger partial charge on any atom is 0.248 e. The summed E-state index contributed by atoms with van der Waals surface area (Å²) in [7, 11) is 1.41. The molecular formula is C12H17NO3. The summed E-state index contributed by atoms with van der Waals surface area (Å²) in [5, 5.41) is 0. The minimum atomic E-state index is -0.219. The molecule has 0 heterocycles. The van der Waals surface area contributed by atoms with Gasteiger partial charge in [-0.2, -0.15) is 0 Å². The van der Waals surface area contributed by atoms with E-state index < -0.39 is 0 Å². The largest absolute Gasteiger partial charge is 0.376 e. The van der Waals surface area contributed by atoms with Crippen molar-refractivity contribution in [2.75, 3.05) is 13.7 Å². The lowest BCUT2D eigenvalue weighted by Crippen LogP contribution is -2.30. The first kappa shape index (κ1) is 12.7. The molecule has 1 unspecified atom stereocenters. The predicted molar refractivity (Wildman–Crippen MR) is 60.4 cm³/mol. The molecule has 0 saturated heterocycles. The van der Waals surface area contributed by atoms with Gasteiger partial charge in [0.05, 0.1) is 26.2 Å². The molecule has 0 bridgehead atoms. The van der Waals surface area contributed by atoms with Crippen LogP contribution in [0, 0.1) is 5.92 Å². The van der Waals surface area contributed by atoms with Gasteiger partial charge in [-0.05, 0) is 5.56 Å². The van der Waals surface area contributed by atoms with Gasteiger partial charge in [0.2, 0.25) is 5.91 Å². The fourth-order valence-electron chi connectivity index (χ4n) is 1.20. The summed E-state index contributed by atoms with van der Waals surface area (Å²) < 4.78 is 5.43. The number of amides is 1. The summed E-state index contributed by atoms with van der Waals surface area (Å²) in [6.45, 7) is 2.69. The van der Waals surface area contributed by atoms with Crippen molar-refractivity contribution in [3.63, 3.8) is 0 Å². The zero-order valence-electron chi connectivity index (χ0n) is 9.60. The van der Waals surface area contributed by atoms with Gasteiger partial charge in [0.25, 0.3) is 0 Å². The minimum Gasteiger partial charge on any atom is -0.376 e. The van der Waals surface area contributed by atoms with Crippen molar-refractivity contribution in [3.05, 3.63) is 35.9 Å². The lowest BCUT2D eigenvalue weighted by molar-refractivity contribution is -0.137. The van der Waals surface area contributed by atoms with Crippen molar-refractivity contribution >= 4 is 5.91 Å². The Morgan fingerprint density at radius 3 is 2.69 bits per heavy atom. The van der Waals surface area contributed by atoms with E-state index >= 15 is 0 Å². The second-order valence-corrected chi connectivity index (χ2v) is 3.57. The van der Waals surface area contributed by atoms with E-state index in [4.69, 9.17) is 4.74 Å². The molecule has 0 radical (unpaired) electrons. The number of nitrogens with one attached hydrogen (secondary N) is 1. The number of carbonyl (C=O) groups excluding carboxylic acids is 1. The Bertz CT molecular complexity index is 313. The van der Waals surface area contributed by atoms with Gasteiger partial charge >= 0.3 is 0 Å². The van der Waals surface area contributed by atoms with Crippen LogP contribution in [0.3, 0.4) is 0 Å². The van der Waals surface area contributed by atoms with Crippen molar-refractivity contribution in [3.8, 4) is 0 Å². The Morgan fingerprint density at radius 1 is 1.38 bits per heavy atom. The zero-order chi connectivity index (χ0) is 11.8. The van der Waals surface area contributed by atoms with E-state index in [9.17, 15) is 4.79 Å². The molecular weight excluding hydrogens is 206 g/mol. The summed E-state index contributed by atoms with van der Waals surface area (Å²) in [4.78, 5) is 15.8. The standard InChI is InChI=1S/C12H17NO3/c1-10(12(14)13-15-2)8-16-9-11-6-4-3-5-7-11/h3-7,10H,8-9H2,1-2H3,(H,13,14). The minimum absolute atomic E-state index is 0.171. The topological polar surface area (TPSA) is 47.6 Å². The molecule has 0 aliphatic rings. The molecule has 1 aromatic rings. The molecule has 0 aliphatic heterocycles. The summed E-state index contributed by atoms with van der Waals surface area (Å²) in [5.74, 6) is -0.390. The van der Waals surface area contributed by atoms with Gasteiger partial charge in [-0.15, -0.1) is 0 Å².